The van der Waals surface area contributed by atoms with Crippen LogP contribution in [0.3, 0.4) is 0 Å². The average Bonchev–Trinajstić information content (AvgIpc) is 2.57. The van der Waals surface area contributed by atoms with E-state index in [0.29, 0.717) is 6.54 Å². The summed E-state index contributed by atoms with van der Waals surface area (Å²) in [6, 6.07) is 0. The van der Waals surface area contributed by atoms with Crippen LogP contribution >= 0.6 is 7.82 Å². The first-order valence-corrected chi connectivity index (χ1v) is 11.5. The molecule has 0 aromatic rings. The fraction of sp³-hybridized carbons (Fsp3) is 1.00. The molecule has 5 N–H and O–H groups in total. The van der Waals surface area contributed by atoms with Gasteiger partial charge in [-0.15, -0.1) is 0 Å². The van der Waals surface area contributed by atoms with Gasteiger partial charge in [-0.2, -0.15) is 0 Å². The molecule has 0 amide bonds. The maximum Gasteiger partial charge on any atom is 0.469 e. The highest BCUT2D eigenvalue weighted by Crippen LogP contribution is 2.35. The summed E-state index contributed by atoms with van der Waals surface area (Å²) >= 11 is 0. The van der Waals surface area contributed by atoms with E-state index in [-0.39, 0.29) is 13.2 Å². The van der Waals surface area contributed by atoms with Crippen LogP contribution in [0.4, 0.5) is 0 Å². The van der Waals surface area contributed by atoms with Gasteiger partial charge in [-0.05, 0) is 6.42 Å². The normalized spacial score (nSPS) is 11.2. The van der Waals surface area contributed by atoms with E-state index in [1.165, 1.54) is 70.6 Å². The molecule has 154 valence electrons. The molecule has 0 aromatic carbocycles. The van der Waals surface area contributed by atoms with Crippen molar-refractivity contribution in [2.24, 2.45) is 5.73 Å². The van der Waals surface area contributed by atoms with Crippen LogP contribution in [0.25, 0.3) is 0 Å². The molecule has 6 nitrogen and oxygen atoms in total. The summed E-state index contributed by atoms with van der Waals surface area (Å²) in [7, 11) is -4.25. The Morgan fingerprint density at radius 2 is 1.08 bits per heavy atom. The smallest absolute Gasteiger partial charge is 0.395 e. The fourth-order valence-electron chi connectivity index (χ4n) is 2.48. The number of aliphatic hydroxyl groups excluding tert-OH is 1. The minimum absolute atomic E-state index is 0.0972. The Morgan fingerprint density at radius 3 is 1.36 bits per heavy atom. The van der Waals surface area contributed by atoms with E-state index in [4.69, 9.17) is 20.6 Å². The topological polar surface area (TPSA) is 113 Å². The third kappa shape index (κ3) is 32.2. The van der Waals surface area contributed by atoms with Gasteiger partial charge in [0.15, 0.2) is 0 Å². The molecule has 25 heavy (non-hydrogen) atoms. The molecule has 0 saturated carbocycles. The summed E-state index contributed by atoms with van der Waals surface area (Å²) < 4.78 is 14.8. The number of rotatable bonds is 17. The summed E-state index contributed by atoms with van der Waals surface area (Å²) in [5.41, 5.74) is 4.78. The first-order valence-electron chi connectivity index (χ1n) is 9.99. The second kappa shape index (κ2) is 22.1. The molecule has 0 heterocycles. The van der Waals surface area contributed by atoms with Crippen molar-refractivity contribution in [3.63, 3.8) is 0 Å². The molecule has 0 saturated heterocycles. The van der Waals surface area contributed by atoms with Gasteiger partial charge in [0, 0.05) is 6.54 Å². The predicted octanol–water partition coefficient (Wildman–Crippen LogP) is 4.51. The molecule has 0 aliphatic carbocycles. The standard InChI is InChI=1S/C16H35O4P.C2H7NO/c1-2-3-4-5-6-7-8-9-10-11-12-13-14-15-16-20-21(17,18)19;3-1-2-4/h2-16H2,1H3,(H2,17,18,19);4H,1-3H2. The number of nitrogens with two attached hydrogens (primary N) is 1. The van der Waals surface area contributed by atoms with E-state index in [9.17, 15) is 4.57 Å². The van der Waals surface area contributed by atoms with Crippen LogP contribution in [0, 0.1) is 0 Å². The van der Waals surface area contributed by atoms with Crippen LogP contribution in [0.5, 0.6) is 0 Å². The van der Waals surface area contributed by atoms with Gasteiger partial charge in [-0.25, -0.2) is 4.57 Å². The van der Waals surface area contributed by atoms with Crippen molar-refractivity contribution in [1.82, 2.24) is 0 Å². The molecule has 0 aliphatic rings. The Balaban J connectivity index is 0. The molecule has 0 bridgehead atoms. The van der Waals surface area contributed by atoms with Crippen LogP contribution in [0.15, 0.2) is 0 Å². The predicted molar refractivity (Wildman–Crippen MR) is 104 cm³/mol. The summed E-state index contributed by atoms with van der Waals surface area (Å²) in [6.07, 6.45) is 17.8. The Hall–Kier alpha value is 0.0300. The van der Waals surface area contributed by atoms with Crippen molar-refractivity contribution in [3.8, 4) is 0 Å². The maximum absolute atomic E-state index is 10.4. The lowest BCUT2D eigenvalue weighted by Crippen LogP contribution is -2.02. The van der Waals surface area contributed by atoms with Crippen molar-refractivity contribution in [2.75, 3.05) is 19.8 Å². The highest BCUT2D eigenvalue weighted by Gasteiger charge is 2.12. The van der Waals surface area contributed by atoms with Crippen LogP contribution < -0.4 is 5.73 Å². The second-order valence-corrected chi connectivity index (χ2v) is 7.67. The average molecular weight is 384 g/mol. The zero-order valence-corrected chi connectivity index (χ0v) is 17.1. The molecular formula is C18H42NO5P. The van der Waals surface area contributed by atoms with Crippen LogP contribution in [0.2, 0.25) is 0 Å². The van der Waals surface area contributed by atoms with Crippen molar-refractivity contribution in [3.05, 3.63) is 0 Å². The molecule has 0 unspecified atom stereocenters. The van der Waals surface area contributed by atoms with E-state index in [1.807, 2.05) is 0 Å². The van der Waals surface area contributed by atoms with Crippen molar-refractivity contribution >= 4 is 7.82 Å². The molecule has 0 atom stereocenters. The van der Waals surface area contributed by atoms with Crippen molar-refractivity contribution in [2.45, 2.75) is 96.8 Å². The monoisotopic (exact) mass is 383 g/mol. The first kappa shape index (κ1) is 27.3. The Bertz CT molecular complexity index is 285. The maximum atomic E-state index is 10.4. The van der Waals surface area contributed by atoms with Gasteiger partial charge in [0.1, 0.15) is 0 Å². The lowest BCUT2D eigenvalue weighted by atomic mass is 10.0. The number of unbranched alkanes of at least 4 members (excludes halogenated alkanes) is 13. The fourth-order valence-corrected chi connectivity index (χ4v) is 2.85. The number of phosphoric ester groups is 1. The molecule has 7 heteroatoms. The van der Waals surface area contributed by atoms with Gasteiger partial charge in [0.2, 0.25) is 0 Å². The second-order valence-electron chi connectivity index (χ2n) is 6.43. The number of hydrogen-bond acceptors (Lipinski definition) is 4. The highest BCUT2D eigenvalue weighted by molar-refractivity contribution is 7.46. The largest absolute Gasteiger partial charge is 0.469 e. The van der Waals surface area contributed by atoms with Gasteiger partial charge in [-0.3, -0.25) is 4.52 Å². The highest BCUT2D eigenvalue weighted by atomic mass is 31.2. The van der Waals surface area contributed by atoms with Crippen LogP contribution in [-0.4, -0.2) is 34.7 Å². The van der Waals surface area contributed by atoms with Crippen LogP contribution in [0.1, 0.15) is 96.8 Å². The minimum atomic E-state index is -4.25. The van der Waals surface area contributed by atoms with Gasteiger partial charge in [0.05, 0.1) is 13.2 Å². The summed E-state index contributed by atoms with van der Waals surface area (Å²) in [6.45, 7) is 2.90. The molecule has 0 fully saturated rings. The molecule has 0 aromatic heterocycles. The summed E-state index contributed by atoms with van der Waals surface area (Å²) in [5.74, 6) is 0. The SMILES string of the molecule is CCCCCCCCCCCCCCCCOP(=O)(O)O.NCCO. The lowest BCUT2D eigenvalue weighted by molar-refractivity contribution is 0.193. The van der Waals surface area contributed by atoms with E-state index < -0.39 is 7.82 Å². The summed E-state index contributed by atoms with van der Waals surface area (Å²) in [4.78, 5) is 17.0. The van der Waals surface area contributed by atoms with E-state index >= 15 is 0 Å². The minimum Gasteiger partial charge on any atom is -0.395 e. The molecular weight excluding hydrogens is 341 g/mol. The molecule has 0 spiro atoms. The zero-order valence-electron chi connectivity index (χ0n) is 16.2. The van der Waals surface area contributed by atoms with Gasteiger partial charge in [0.25, 0.3) is 0 Å². The number of aliphatic hydroxyl groups is 1. The zero-order chi connectivity index (χ0) is 19.2. The quantitative estimate of drug-likeness (QED) is 0.217. The Morgan fingerprint density at radius 1 is 0.760 bits per heavy atom. The van der Waals surface area contributed by atoms with Gasteiger partial charge in [-0.1, -0.05) is 90.4 Å². The number of hydrogen-bond donors (Lipinski definition) is 4. The van der Waals surface area contributed by atoms with Gasteiger partial charge >= 0.3 is 7.82 Å². The third-order valence-electron chi connectivity index (χ3n) is 3.89. The summed E-state index contributed by atoms with van der Waals surface area (Å²) in [5, 5.41) is 7.75. The van der Waals surface area contributed by atoms with Crippen LogP contribution in [-0.2, 0) is 9.09 Å². The molecule has 0 rings (SSSR count). The van der Waals surface area contributed by atoms with E-state index in [0.717, 1.165) is 19.3 Å². The lowest BCUT2D eigenvalue weighted by Gasteiger charge is -2.05. The van der Waals surface area contributed by atoms with E-state index in [2.05, 4.69) is 11.4 Å². The van der Waals surface area contributed by atoms with Crippen molar-refractivity contribution < 1.29 is 24.0 Å². The number of phosphoric acid groups is 1. The Labute approximate surface area is 154 Å². The van der Waals surface area contributed by atoms with Gasteiger partial charge < -0.3 is 20.6 Å². The van der Waals surface area contributed by atoms with E-state index in [1.54, 1.807) is 0 Å². The Kier molecular flexibility index (Phi) is 24.1. The first-order chi connectivity index (χ1) is 12.0. The third-order valence-corrected chi connectivity index (χ3v) is 4.41. The van der Waals surface area contributed by atoms with Crippen molar-refractivity contribution in [1.29, 1.82) is 0 Å². The molecule has 0 radical (unpaired) electrons. The molecule has 0 aliphatic heterocycles.